The molecule has 3 amide bonds. The molecule has 0 bridgehead atoms. The van der Waals surface area contributed by atoms with E-state index in [9.17, 15) is 14.4 Å². The standard InChI is InChI=1S/C24H41N3O6/c1-7-22(28)25-10-18(4)13-31-16-21(33-15-20(6)12-27-24(30)9-3)17-32-14-19(5)11-26-23(29)8-2/h7-9,18-21H,1-3,10-17H2,4-6H3,(H,25,28)(H,26,29)(H,27,30). The van der Waals surface area contributed by atoms with Gasteiger partial charge in [0.15, 0.2) is 0 Å². The lowest BCUT2D eigenvalue weighted by molar-refractivity contribution is -0.118. The van der Waals surface area contributed by atoms with E-state index in [2.05, 4.69) is 35.7 Å². The van der Waals surface area contributed by atoms with Crippen molar-refractivity contribution in [3.63, 3.8) is 0 Å². The highest BCUT2D eigenvalue weighted by atomic mass is 16.6. The molecule has 0 heterocycles. The van der Waals surface area contributed by atoms with Crippen molar-refractivity contribution in [1.82, 2.24) is 16.0 Å². The molecule has 9 heteroatoms. The molecule has 33 heavy (non-hydrogen) atoms. The molecule has 0 aromatic carbocycles. The van der Waals surface area contributed by atoms with Gasteiger partial charge in [-0.1, -0.05) is 40.5 Å². The van der Waals surface area contributed by atoms with Crippen molar-refractivity contribution in [3.8, 4) is 0 Å². The Hall–Kier alpha value is -2.49. The van der Waals surface area contributed by atoms with Gasteiger partial charge >= 0.3 is 0 Å². The topological polar surface area (TPSA) is 115 Å². The minimum absolute atomic E-state index is 0.0949. The van der Waals surface area contributed by atoms with Crippen LogP contribution in [0.15, 0.2) is 38.0 Å². The van der Waals surface area contributed by atoms with Crippen LogP contribution in [0.4, 0.5) is 0 Å². The van der Waals surface area contributed by atoms with Crippen molar-refractivity contribution in [1.29, 1.82) is 0 Å². The third-order valence-electron chi connectivity index (χ3n) is 4.46. The number of nitrogens with one attached hydrogen (secondary N) is 3. The molecule has 0 aromatic heterocycles. The molecule has 3 unspecified atom stereocenters. The van der Waals surface area contributed by atoms with E-state index in [0.29, 0.717) is 52.7 Å². The summed E-state index contributed by atoms with van der Waals surface area (Å²) in [5, 5.41) is 8.22. The maximum absolute atomic E-state index is 11.3. The molecule has 3 atom stereocenters. The molecule has 3 N–H and O–H groups in total. The fourth-order valence-electron chi connectivity index (χ4n) is 2.46. The highest BCUT2D eigenvalue weighted by Gasteiger charge is 2.15. The first kappa shape index (κ1) is 30.5. The zero-order chi connectivity index (χ0) is 25.1. The summed E-state index contributed by atoms with van der Waals surface area (Å²) >= 11 is 0. The molecule has 0 rings (SSSR count). The lowest BCUT2D eigenvalue weighted by Gasteiger charge is -2.22. The van der Waals surface area contributed by atoms with Crippen LogP contribution in [0.1, 0.15) is 20.8 Å². The van der Waals surface area contributed by atoms with Crippen molar-refractivity contribution < 1.29 is 28.6 Å². The van der Waals surface area contributed by atoms with E-state index < -0.39 is 0 Å². The van der Waals surface area contributed by atoms with Gasteiger partial charge in [0.1, 0.15) is 6.10 Å². The van der Waals surface area contributed by atoms with Crippen molar-refractivity contribution in [3.05, 3.63) is 38.0 Å². The van der Waals surface area contributed by atoms with Gasteiger partial charge in [0.2, 0.25) is 17.7 Å². The smallest absolute Gasteiger partial charge is 0.243 e. The summed E-state index contributed by atoms with van der Waals surface area (Å²) in [5.74, 6) is -0.314. The molecular formula is C24H41N3O6. The van der Waals surface area contributed by atoms with Crippen LogP contribution in [0.2, 0.25) is 0 Å². The number of hydrogen-bond acceptors (Lipinski definition) is 6. The van der Waals surface area contributed by atoms with Gasteiger partial charge in [0.05, 0.1) is 33.0 Å². The van der Waals surface area contributed by atoms with Gasteiger partial charge in [-0.25, -0.2) is 0 Å². The van der Waals surface area contributed by atoms with Gasteiger partial charge in [-0.2, -0.15) is 0 Å². The summed E-state index contributed by atoms with van der Waals surface area (Å²) in [4.78, 5) is 33.9. The summed E-state index contributed by atoms with van der Waals surface area (Å²) in [6.45, 7) is 19.6. The monoisotopic (exact) mass is 467 g/mol. The van der Waals surface area contributed by atoms with Crippen LogP contribution in [-0.2, 0) is 28.6 Å². The Morgan fingerprint density at radius 1 is 0.636 bits per heavy atom. The van der Waals surface area contributed by atoms with Crippen LogP contribution < -0.4 is 16.0 Å². The van der Waals surface area contributed by atoms with Crippen molar-refractivity contribution >= 4 is 17.7 Å². The molecule has 0 aliphatic heterocycles. The third kappa shape index (κ3) is 17.7. The Balaban J connectivity index is 4.49. The summed E-state index contributed by atoms with van der Waals surface area (Å²) in [5.41, 5.74) is 0. The van der Waals surface area contributed by atoms with Gasteiger partial charge in [-0.3, -0.25) is 14.4 Å². The molecular weight excluding hydrogens is 426 g/mol. The van der Waals surface area contributed by atoms with E-state index in [0.717, 1.165) is 0 Å². The SMILES string of the molecule is C=CC(=O)NCC(C)COCC(COCC(C)CNC(=O)C=C)OCC(C)CNC(=O)C=C. The molecule has 9 nitrogen and oxygen atoms in total. The molecule has 0 aliphatic rings. The average molecular weight is 468 g/mol. The number of hydrogen-bond donors (Lipinski definition) is 3. The van der Waals surface area contributed by atoms with Crippen molar-refractivity contribution in [2.24, 2.45) is 17.8 Å². The zero-order valence-corrected chi connectivity index (χ0v) is 20.3. The Kier molecular flexibility index (Phi) is 17.6. The second kappa shape index (κ2) is 19.0. The first-order valence-corrected chi connectivity index (χ1v) is 11.2. The number of ether oxygens (including phenoxy) is 3. The maximum atomic E-state index is 11.3. The molecule has 0 saturated heterocycles. The van der Waals surface area contributed by atoms with Gasteiger partial charge in [-0.05, 0) is 36.0 Å². The summed E-state index contributed by atoms with van der Waals surface area (Å²) < 4.78 is 17.6. The van der Waals surface area contributed by atoms with Crippen LogP contribution in [0.5, 0.6) is 0 Å². The number of rotatable bonds is 20. The van der Waals surface area contributed by atoms with Crippen molar-refractivity contribution in [2.75, 3.05) is 52.7 Å². The minimum Gasteiger partial charge on any atom is -0.378 e. The molecule has 0 radical (unpaired) electrons. The van der Waals surface area contributed by atoms with Gasteiger partial charge < -0.3 is 30.2 Å². The van der Waals surface area contributed by atoms with Crippen LogP contribution in [0.3, 0.4) is 0 Å². The lowest BCUT2D eigenvalue weighted by atomic mass is 10.2. The zero-order valence-electron chi connectivity index (χ0n) is 20.3. The molecule has 0 saturated carbocycles. The Labute approximate surface area is 198 Å². The number of carbonyl (C=O) groups is 3. The second-order valence-electron chi connectivity index (χ2n) is 8.19. The highest BCUT2D eigenvalue weighted by molar-refractivity contribution is 5.87. The normalized spacial score (nSPS) is 14.3. The third-order valence-corrected chi connectivity index (χ3v) is 4.46. The highest BCUT2D eigenvalue weighted by Crippen LogP contribution is 2.04. The van der Waals surface area contributed by atoms with E-state index >= 15 is 0 Å². The van der Waals surface area contributed by atoms with E-state index in [1.807, 2.05) is 20.8 Å². The Morgan fingerprint density at radius 2 is 0.970 bits per heavy atom. The molecule has 0 spiro atoms. The predicted octanol–water partition coefficient (Wildman–Crippen LogP) is 1.22. The van der Waals surface area contributed by atoms with Gasteiger partial charge in [0, 0.05) is 19.6 Å². The van der Waals surface area contributed by atoms with Crippen LogP contribution in [-0.4, -0.2) is 76.5 Å². The fraction of sp³-hybridized carbons (Fsp3) is 0.625. The van der Waals surface area contributed by atoms with E-state index in [1.54, 1.807) is 0 Å². The Bertz CT molecular complexity index is 589. The quantitative estimate of drug-likeness (QED) is 0.232. The largest absolute Gasteiger partial charge is 0.378 e. The first-order chi connectivity index (χ1) is 15.7. The van der Waals surface area contributed by atoms with Crippen LogP contribution in [0.25, 0.3) is 0 Å². The van der Waals surface area contributed by atoms with E-state index in [1.165, 1.54) is 18.2 Å². The van der Waals surface area contributed by atoms with E-state index in [4.69, 9.17) is 14.2 Å². The Morgan fingerprint density at radius 3 is 1.30 bits per heavy atom. The van der Waals surface area contributed by atoms with Crippen LogP contribution in [0, 0.1) is 17.8 Å². The molecule has 0 aromatic rings. The predicted molar refractivity (Wildman–Crippen MR) is 128 cm³/mol. The fourth-order valence-corrected chi connectivity index (χ4v) is 2.46. The minimum atomic E-state index is -0.299. The number of carbonyl (C=O) groups excluding carboxylic acids is 3. The van der Waals surface area contributed by atoms with Crippen molar-refractivity contribution in [2.45, 2.75) is 26.9 Å². The van der Waals surface area contributed by atoms with Crippen LogP contribution >= 0.6 is 0 Å². The molecule has 188 valence electrons. The van der Waals surface area contributed by atoms with Gasteiger partial charge in [-0.15, -0.1) is 0 Å². The molecule has 0 fully saturated rings. The van der Waals surface area contributed by atoms with Gasteiger partial charge in [0.25, 0.3) is 0 Å². The average Bonchev–Trinajstić information content (AvgIpc) is 2.81. The lowest BCUT2D eigenvalue weighted by Crippen LogP contribution is -2.34. The summed E-state index contributed by atoms with van der Waals surface area (Å²) in [6.07, 6.45) is 3.40. The summed E-state index contributed by atoms with van der Waals surface area (Å²) in [6, 6.07) is 0. The summed E-state index contributed by atoms with van der Waals surface area (Å²) in [7, 11) is 0. The molecule has 0 aliphatic carbocycles. The number of amides is 3. The first-order valence-electron chi connectivity index (χ1n) is 11.2. The second-order valence-corrected chi connectivity index (χ2v) is 8.19. The van der Waals surface area contributed by atoms with E-state index in [-0.39, 0.29) is 41.6 Å². The maximum Gasteiger partial charge on any atom is 0.243 e.